The highest BCUT2D eigenvalue weighted by molar-refractivity contribution is 7.89. The van der Waals surface area contributed by atoms with Gasteiger partial charge >= 0.3 is 0 Å². The molecule has 0 aliphatic carbocycles. The van der Waals surface area contributed by atoms with Crippen molar-refractivity contribution in [3.05, 3.63) is 23.5 Å². The summed E-state index contributed by atoms with van der Waals surface area (Å²) in [4.78, 5) is -0.151. The standard InChI is InChI=1S/C11H17FN2O3S/c1-8-10(12)6-9(7-11(8)13)18(15,16)14(2)4-5-17-3/h6-7H,4-5,13H2,1-3H3. The Labute approximate surface area is 106 Å². The number of benzene rings is 1. The zero-order valence-electron chi connectivity index (χ0n) is 10.6. The topological polar surface area (TPSA) is 72.6 Å². The summed E-state index contributed by atoms with van der Waals surface area (Å²) in [6, 6.07) is 2.24. The molecule has 0 aromatic heterocycles. The first kappa shape index (κ1) is 14.9. The molecule has 2 N–H and O–H groups in total. The molecule has 0 radical (unpaired) electrons. The van der Waals surface area contributed by atoms with Crippen LogP contribution in [0.25, 0.3) is 0 Å². The number of sulfonamides is 1. The van der Waals surface area contributed by atoms with Crippen LogP contribution in [0.1, 0.15) is 5.56 Å². The molecule has 0 spiro atoms. The van der Waals surface area contributed by atoms with E-state index in [-0.39, 0.29) is 29.3 Å². The fourth-order valence-corrected chi connectivity index (χ4v) is 2.55. The third-order valence-corrected chi connectivity index (χ3v) is 4.51. The molecule has 0 saturated heterocycles. The Morgan fingerprint density at radius 3 is 2.56 bits per heavy atom. The van der Waals surface area contributed by atoms with Crippen LogP contribution in [-0.4, -0.2) is 40.0 Å². The summed E-state index contributed by atoms with van der Waals surface area (Å²) in [6.45, 7) is 1.95. The van der Waals surface area contributed by atoms with E-state index in [1.54, 1.807) is 0 Å². The molecule has 0 fully saturated rings. The van der Waals surface area contributed by atoms with Crippen molar-refractivity contribution in [2.75, 3.05) is 33.0 Å². The Bertz CT molecular complexity index is 508. The molecule has 7 heteroatoms. The van der Waals surface area contributed by atoms with Crippen LogP contribution < -0.4 is 5.73 Å². The fraction of sp³-hybridized carbons (Fsp3) is 0.455. The Hall–Kier alpha value is -1.18. The molecule has 18 heavy (non-hydrogen) atoms. The van der Waals surface area contributed by atoms with Gasteiger partial charge in [0.2, 0.25) is 10.0 Å². The number of nitrogens with zero attached hydrogens (tertiary/aromatic N) is 1. The SMILES string of the molecule is COCCN(C)S(=O)(=O)c1cc(N)c(C)c(F)c1. The molecular weight excluding hydrogens is 259 g/mol. The normalized spacial score (nSPS) is 12.1. The molecule has 0 bridgehead atoms. The van der Waals surface area contributed by atoms with E-state index in [1.165, 1.54) is 27.1 Å². The maximum Gasteiger partial charge on any atom is 0.243 e. The number of rotatable bonds is 5. The van der Waals surface area contributed by atoms with Gasteiger partial charge in [-0.1, -0.05) is 0 Å². The van der Waals surface area contributed by atoms with Gasteiger partial charge in [0.15, 0.2) is 0 Å². The number of nitrogen functional groups attached to an aromatic ring is 1. The van der Waals surface area contributed by atoms with Crippen molar-refractivity contribution in [3.8, 4) is 0 Å². The average molecular weight is 276 g/mol. The molecule has 0 saturated carbocycles. The first-order valence-corrected chi connectivity index (χ1v) is 6.75. The van der Waals surface area contributed by atoms with Gasteiger partial charge in [-0.05, 0) is 19.1 Å². The summed E-state index contributed by atoms with van der Waals surface area (Å²) in [5.74, 6) is -0.631. The monoisotopic (exact) mass is 276 g/mol. The number of nitrogens with two attached hydrogens (primary N) is 1. The van der Waals surface area contributed by atoms with Gasteiger partial charge in [0, 0.05) is 32.0 Å². The van der Waals surface area contributed by atoms with Crippen LogP contribution >= 0.6 is 0 Å². The lowest BCUT2D eigenvalue weighted by Crippen LogP contribution is -2.30. The van der Waals surface area contributed by atoms with E-state index in [0.29, 0.717) is 0 Å². The Balaban J connectivity index is 3.13. The summed E-state index contributed by atoms with van der Waals surface area (Å²) in [5.41, 5.74) is 5.93. The molecule has 102 valence electrons. The van der Waals surface area contributed by atoms with Crippen molar-refractivity contribution < 1.29 is 17.5 Å². The van der Waals surface area contributed by atoms with Crippen molar-refractivity contribution in [1.82, 2.24) is 4.31 Å². The molecule has 0 aliphatic heterocycles. The van der Waals surface area contributed by atoms with Crippen LogP contribution in [0.5, 0.6) is 0 Å². The minimum atomic E-state index is -3.74. The van der Waals surface area contributed by atoms with E-state index in [2.05, 4.69) is 0 Å². The van der Waals surface area contributed by atoms with E-state index in [9.17, 15) is 12.8 Å². The predicted molar refractivity (Wildman–Crippen MR) is 67.2 cm³/mol. The zero-order chi connectivity index (χ0) is 13.9. The Morgan fingerprint density at radius 2 is 2.06 bits per heavy atom. The minimum Gasteiger partial charge on any atom is -0.398 e. The number of hydrogen-bond donors (Lipinski definition) is 1. The summed E-state index contributed by atoms with van der Waals surface area (Å²) in [5, 5.41) is 0. The number of anilines is 1. The molecule has 1 rings (SSSR count). The van der Waals surface area contributed by atoms with Crippen molar-refractivity contribution in [1.29, 1.82) is 0 Å². The molecule has 1 aromatic carbocycles. The molecule has 0 atom stereocenters. The van der Waals surface area contributed by atoms with Gasteiger partial charge < -0.3 is 10.5 Å². The molecule has 5 nitrogen and oxygen atoms in total. The highest BCUT2D eigenvalue weighted by Gasteiger charge is 2.22. The van der Waals surface area contributed by atoms with E-state index >= 15 is 0 Å². The van der Waals surface area contributed by atoms with Gasteiger partial charge in [0.1, 0.15) is 5.82 Å². The van der Waals surface area contributed by atoms with Crippen molar-refractivity contribution in [2.24, 2.45) is 0 Å². The number of likely N-dealkylation sites (N-methyl/N-ethyl adjacent to an activating group) is 1. The van der Waals surface area contributed by atoms with E-state index < -0.39 is 15.8 Å². The Kier molecular flexibility index (Phi) is 4.66. The van der Waals surface area contributed by atoms with Gasteiger partial charge in [-0.25, -0.2) is 12.8 Å². The number of ether oxygens (including phenoxy) is 1. The highest BCUT2D eigenvalue weighted by atomic mass is 32.2. The molecule has 0 unspecified atom stereocenters. The van der Waals surface area contributed by atoms with Gasteiger partial charge in [-0.3, -0.25) is 0 Å². The fourth-order valence-electron chi connectivity index (χ4n) is 1.34. The van der Waals surface area contributed by atoms with Crippen molar-refractivity contribution in [2.45, 2.75) is 11.8 Å². The summed E-state index contributed by atoms with van der Waals surface area (Å²) >= 11 is 0. The van der Waals surface area contributed by atoms with Crippen LogP contribution in [0.3, 0.4) is 0 Å². The second kappa shape index (κ2) is 5.64. The second-order valence-electron chi connectivity index (χ2n) is 3.94. The molecule has 0 heterocycles. The summed E-state index contributed by atoms with van der Waals surface area (Å²) < 4.78 is 43.6. The first-order chi connectivity index (χ1) is 8.30. The highest BCUT2D eigenvalue weighted by Crippen LogP contribution is 2.22. The lowest BCUT2D eigenvalue weighted by molar-refractivity contribution is 0.185. The summed E-state index contributed by atoms with van der Waals surface area (Å²) in [7, 11) is -0.858. The molecule has 0 amide bonds. The van der Waals surface area contributed by atoms with Gasteiger partial charge in [0.25, 0.3) is 0 Å². The zero-order valence-corrected chi connectivity index (χ0v) is 11.4. The quantitative estimate of drug-likeness (QED) is 0.814. The van der Waals surface area contributed by atoms with Crippen LogP contribution in [0.4, 0.5) is 10.1 Å². The van der Waals surface area contributed by atoms with Gasteiger partial charge in [-0.2, -0.15) is 4.31 Å². The molecular formula is C11H17FN2O3S. The number of hydrogen-bond acceptors (Lipinski definition) is 4. The summed E-state index contributed by atoms with van der Waals surface area (Å²) in [6.07, 6.45) is 0. The second-order valence-corrected chi connectivity index (χ2v) is 5.98. The third kappa shape index (κ3) is 2.98. The van der Waals surface area contributed by atoms with Crippen LogP contribution in [0, 0.1) is 12.7 Å². The lowest BCUT2D eigenvalue weighted by atomic mass is 10.2. The largest absolute Gasteiger partial charge is 0.398 e. The lowest BCUT2D eigenvalue weighted by Gasteiger charge is -2.17. The van der Waals surface area contributed by atoms with Crippen molar-refractivity contribution in [3.63, 3.8) is 0 Å². The van der Waals surface area contributed by atoms with E-state index in [4.69, 9.17) is 10.5 Å². The van der Waals surface area contributed by atoms with Crippen LogP contribution in [0.15, 0.2) is 17.0 Å². The maximum atomic E-state index is 13.5. The third-order valence-electron chi connectivity index (χ3n) is 2.68. The minimum absolute atomic E-state index is 0.119. The van der Waals surface area contributed by atoms with Crippen LogP contribution in [-0.2, 0) is 14.8 Å². The van der Waals surface area contributed by atoms with Gasteiger partial charge in [-0.15, -0.1) is 0 Å². The van der Waals surface area contributed by atoms with Crippen LogP contribution in [0.2, 0.25) is 0 Å². The molecule has 1 aromatic rings. The maximum absolute atomic E-state index is 13.5. The van der Waals surface area contributed by atoms with E-state index in [0.717, 1.165) is 10.4 Å². The Morgan fingerprint density at radius 1 is 1.44 bits per heavy atom. The van der Waals surface area contributed by atoms with Crippen molar-refractivity contribution >= 4 is 15.7 Å². The number of halogens is 1. The molecule has 0 aliphatic rings. The first-order valence-electron chi connectivity index (χ1n) is 5.31. The number of methoxy groups -OCH3 is 1. The van der Waals surface area contributed by atoms with Gasteiger partial charge in [0.05, 0.1) is 11.5 Å². The van der Waals surface area contributed by atoms with E-state index in [1.807, 2.05) is 0 Å². The predicted octanol–water partition coefficient (Wildman–Crippen LogP) is 0.983. The average Bonchev–Trinajstić information content (AvgIpc) is 2.32. The smallest absolute Gasteiger partial charge is 0.243 e.